The lowest BCUT2D eigenvalue weighted by molar-refractivity contribution is 0.0464. The van der Waals surface area contributed by atoms with Crippen LogP contribution in [0.25, 0.3) is 0 Å². The molecule has 2 aromatic rings. The van der Waals surface area contributed by atoms with Crippen molar-refractivity contribution in [3.05, 3.63) is 56.8 Å². The van der Waals surface area contributed by atoms with Crippen molar-refractivity contribution in [2.24, 2.45) is 0 Å². The average Bonchev–Trinajstić information content (AvgIpc) is 2.73. The minimum Gasteiger partial charge on any atom is -0.456 e. The largest absolute Gasteiger partial charge is 0.456 e. The van der Waals surface area contributed by atoms with Crippen LogP contribution in [0.2, 0.25) is 0 Å². The lowest BCUT2D eigenvalue weighted by Crippen LogP contribution is -2.08. The highest BCUT2D eigenvalue weighted by molar-refractivity contribution is 9.10. The molecule has 0 saturated carbocycles. The number of carbonyl (C=O) groups excluding carboxylic acids is 1. The summed E-state index contributed by atoms with van der Waals surface area (Å²) >= 11 is 3.42. The molecule has 0 bridgehead atoms. The Hall–Kier alpha value is -1.59. The van der Waals surface area contributed by atoms with Gasteiger partial charge < -0.3 is 14.8 Å². The molecule has 1 atom stereocenters. The second-order valence-electron chi connectivity index (χ2n) is 5.01. The summed E-state index contributed by atoms with van der Waals surface area (Å²) in [4.78, 5) is 15.2. The molecule has 0 radical (unpaired) electrons. The first-order valence-electron chi connectivity index (χ1n) is 6.69. The van der Waals surface area contributed by atoms with Gasteiger partial charge >= 0.3 is 5.97 Å². The van der Waals surface area contributed by atoms with E-state index in [-0.39, 0.29) is 6.61 Å². The van der Waals surface area contributed by atoms with E-state index >= 15 is 0 Å². The summed E-state index contributed by atoms with van der Waals surface area (Å²) in [7, 11) is 0. The maximum atomic E-state index is 12.2. The van der Waals surface area contributed by atoms with E-state index in [1.807, 2.05) is 31.2 Å². The first-order valence-corrected chi connectivity index (χ1v) is 7.48. The lowest BCUT2D eigenvalue weighted by Gasteiger charge is -2.07. The number of benzene rings is 1. The van der Waals surface area contributed by atoms with Gasteiger partial charge in [-0.1, -0.05) is 34.1 Å². The second kappa shape index (κ2) is 6.45. The second-order valence-corrected chi connectivity index (χ2v) is 5.86. The highest BCUT2D eigenvalue weighted by Crippen LogP contribution is 2.25. The number of aliphatic hydroxyl groups excluding tert-OH is 1. The number of carbonyl (C=O) groups is 1. The molecular weight excluding hydrogens is 334 g/mol. The maximum absolute atomic E-state index is 12.2. The number of aryl methyl sites for hydroxylation is 1. The fourth-order valence-electron chi connectivity index (χ4n) is 2.43. The summed E-state index contributed by atoms with van der Waals surface area (Å²) in [6.45, 7) is 5.52. The van der Waals surface area contributed by atoms with Crippen LogP contribution in [0.3, 0.4) is 0 Å². The molecule has 0 saturated heterocycles. The van der Waals surface area contributed by atoms with Crippen molar-refractivity contribution in [2.45, 2.75) is 33.5 Å². The average molecular weight is 352 g/mol. The number of rotatable bonds is 4. The Morgan fingerprint density at radius 3 is 2.62 bits per heavy atom. The van der Waals surface area contributed by atoms with E-state index in [1.165, 1.54) is 0 Å². The molecule has 0 aliphatic heterocycles. The molecule has 0 unspecified atom stereocenters. The van der Waals surface area contributed by atoms with E-state index < -0.39 is 12.1 Å². The Morgan fingerprint density at radius 1 is 1.38 bits per heavy atom. The quantitative estimate of drug-likeness (QED) is 0.823. The van der Waals surface area contributed by atoms with Gasteiger partial charge in [-0.2, -0.15) is 0 Å². The molecule has 21 heavy (non-hydrogen) atoms. The van der Waals surface area contributed by atoms with Gasteiger partial charge in [0.15, 0.2) is 0 Å². The molecule has 0 spiro atoms. The van der Waals surface area contributed by atoms with Crippen LogP contribution in [0.4, 0.5) is 0 Å². The van der Waals surface area contributed by atoms with Gasteiger partial charge in [0.05, 0.1) is 6.10 Å². The Kier molecular flexibility index (Phi) is 4.85. The molecule has 1 aromatic carbocycles. The highest BCUT2D eigenvalue weighted by Gasteiger charge is 2.21. The van der Waals surface area contributed by atoms with E-state index in [2.05, 4.69) is 20.9 Å². The number of H-pyrrole nitrogens is 1. The van der Waals surface area contributed by atoms with Gasteiger partial charge in [-0.25, -0.2) is 4.79 Å². The van der Waals surface area contributed by atoms with Crippen LogP contribution in [-0.4, -0.2) is 16.1 Å². The van der Waals surface area contributed by atoms with E-state index in [1.54, 1.807) is 13.8 Å². The highest BCUT2D eigenvalue weighted by atomic mass is 79.9. The molecule has 0 fully saturated rings. The summed E-state index contributed by atoms with van der Waals surface area (Å²) in [6.07, 6.45) is -0.619. The van der Waals surface area contributed by atoms with E-state index in [9.17, 15) is 9.90 Å². The Balaban J connectivity index is 2.15. The van der Waals surface area contributed by atoms with Crippen molar-refractivity contribution < 1.29 is 14.6 Å². The molecule has 2 rings (SSSR count). The zero-order chi connectivity index (χ0) is 15.6. The van der Waals surface area contributed by atoms with Gasteiger partial charge in [-0.15, -0.1) is 0 Å². The van der Waals surface area contributed by atoms with Crippen LogP contribution in [0, 0.1) is 13.8 Å². The molecular formula is C16H18BrNO3. The smallest absolute Gasteiger partial charge is 0.355 e. The Morgan fingerprint density at radius 2 is 2.05 bits per heavy atom. The number of halogens is 1. The van der Waals surface area contributed by atoms with Gasteiger partial charge in [0.1, 0.15) is 12.3 Å². The van der Waals surface area contributed by atoms with Crippen LogP contribution in [-0.2, 0) is 11.3 Å². The van der Waals surface area contributed by atoms with Crippen LogP contribution in [0.1, 0.15) is 45.9 Å². The van der Waals surface area contributed by atoms with Crippen LogP contribution in [0.5, 0.6) is 0 Å². The normalized spacial score (nSPS) is 12.2. The summed E-state index contributed by atoms with van der Waals surface area (Å²) in [6, 6.07) is 7.59. The summed E-state index contributed by atoms with van der Waals surface area (Å²) in [5, 5.41) is 9.75. The first kappa shape index (κ1) is 15.8. The van der Waals surface area contributed by atoms with Crippen molar-refractivity contribution >= 4 is 21.9 Å². The molecule has 112 valence electrons. The van der Waals surface area contributed by atoms with Gasteiger partial charge in [0.25, 0.3) is 0 Å². The fraction of sp³-hybridized carbons (Fsp3) is 0.312. The number of hydrogen-bond acceptors (Lipinski definition) is 3. The number of aliphatic hydroxyl groups is 1. The predicted molar refractivity (Wildman–Crippen MR) is 84.2 cm³/mol. The molecule has 0 aliphatic rings. The van der Waals surface area contributed by atoms with Crippen LogP contribution in [0.15, 0.2) is 28.7 Å². The van der Waals surface area contributed by atoms with Crippen molar-refractivity contribution in [2.75, 3.05) is 0 Å². The number of aromatic amines is 1. The zero-order valence-corrected chi connectivity index (χ0v) is 13.8. The standard InChI is InChI=1S/C16H18BrNO3/c1-9-14(11(3)19)10(2)18-15(9)16(20)21-8-12-6-4-5-7-13(12)17/h4-7,11,18-19H,8H2,1-3H3/t11-/m0/s1. The van der Waals surface area contributed by atoms with Crippen LogP contribution < -0.4 is 0 Å². The van der Waals surface area contributed by atoms with Gasteiger partial charge in [0, 0.05) is 21.3 Å². The molecule has 1 heterocycles. The van der Waals surface area contributed by atoms with E-state index in [0.29, 0.717) is 5.69 Å². The molecule has 2 N–H and O–H groups in total. The summed E-state index contributed by atoms with van der Waals surface area (Å²) in [5.41, 5.74) is 3.58. The zero-order valence-electron chi connectivity index (χ0n) is 12.2. The first-order chi connectivity index (χ1) is 9.91. The van der Waals surface area contributed by atoms with Crippen molar-refractivity contribution in [1.29, 1.82) is 0 Å². The topological polar surface area (TPSA) is 62.3 Å². The van der Waals surface area contributed by atoms with Gasteiger partial charge in [-0.05, 0) is 32.4 Å². The van der Waals surface area contributed by atoms with Crippen molar-refractivity contribution in [3.63, 3.8) is 0 Å². The maximum Gasteiger partial charge on any atom is 0.355 e. The number of ether oxygens (including phenoxy) is 1. The molecule has 5 heteroatoms. The number of esters is 1. The SMILES string of the molecule is Cc1[nH]c(C(=O)OCc2ccccc2Br)c(C)c1[C@H](C)O. The number of nitrogens with one attached hydrogen (secondary N) is 1. The summed E-state index contributed by atoms with van der Waals surface area (Å²) < 4.78 is 6.25. The third-order valence-electron chi connectivity index (χ3n) is 3.43. The predicted octanol–water partition coefficient (Wildman–Crippen LogP) is 3.80. The van der Waals surface area contributed by atoms with Gasteiger partial charge in [0.2, 0.25) is 0 Å². The molecule has 4 nitrogen and oxygen atoms in total. The van der Waals surface area contributed by atoms with E-state index in [0.717, 1.165) is 26.9 Å². The van der Waals surface area contributed by atoms with Crippen molar-refractivity contribution in [1.82, 2.24) is 4.98 Å². The fourth-order valence-corrected chi connectivity index (χ4v) is 2.83. The Bertz CT molecular complexity index is 662. The third kappa shape index (κ3) is 3.36. The molecule has 0 aliphatic carbocycles. The lowest BCUT2D eigenvalue weighted by atomic mass is 10.1. The summed E-state index contributed by atoms with van der Waals surface area (Å²) in [5.74, 6) is -0.418. The molecule has 0 amide bonds. The van der Waals surface area contributed by atoms with Crippen molar-refractivity contribution in [3.8, 4) is 0 Å². The number of aromatic nitrogens is 1. The van der Waals surface area contributed by atoms with E-state index in [4.69, 9.17) is 4.74 Å². The Labute approximate surface area is 132 Å². The molecule has 1 aromatic heterocycles. The van der Waals surface area contributed by atoms with Crippen LogP contribution >= 0.6 is 15.9 Å². The minimum atomic E-state index is -0.619. The van der Waals surface area contributed by atoms with Gasteiger partial charge in [-0.3, -0.25) is 0 Å². The minimum absolute atomic E-state index is 0.196. The number of hydrogen-bond donors (Lipinski definition) is 2. The monoisotopic (exact) mass is 351 g/mol. The third-order valence-corrected chi connectivity index (χ3v) is 4.21.